The number of rotatable bonds is 5. The number of carbonyl (C=O) groups excluding carboxylic acids is 1. The summed E-state index contributed by atoms with van der Waals surface area (Å²) in [6.45, 7) is 1.38. The van der Waals surface area contributed by atoms with Gasteiger partial charge in [-0.2, -0.15) is 5.10 Å². The van der Waals surface area contributed by atoms with Crippen molar-refractivity contribution in [1.29, 1.82) is 0 Å². The maximum absolute atomic E-state index is 12.1. The Labute approximate surface area is 185 Å². The maximum Gasteiger partial charge on any atom is 0.248 e. The van der Waals surface area contributed by atoms with Gasteiger partial charge in [0.05, 0.1) is 11.4 Å². The molecule has 3 N–H and O–H groups in total. The predicted octanol–water partition coefficient (Wildman–Crippen LogP) is 4.19. The van der Waals surface area contributed by atoms with Crippen LogP contribution in [0.1, 0.15) is 34.7 Å². The largest absolute Gasteiger partial charge is 0.381 e. The lowest BCUT2D eigenvalue weighted by atomic mass is 9.86. The van der Waals surface area contributed by atoms with Gasteiger partial charge in [0.15, 0.2) is 0 Å². The fourth-order valence-electron chi connectivity index (χ4n) is 4.26. The van der Waals surface area contributed by atoms with E-state index in [2.05, 4.69) is 26.2 Å². The summed E-state index contributed by atoms with van der Waals surface area (Å²) in [5.41, 5.74) is 12.5. The molecule has 3 aromatic heterocycles. The van der Waals surface area contributed by atoms with Gasteiger partial charge in [-0.05, 0) is 66.3 Å². The number of pyridine rings is 2. The Balaban J connectivity index is 1.55. The molecule has 0 bridgehead atoms. The number of nitrogens with one attached hydrogen (secondary N) is 1. The van der Waals surface area contributed by atoms with E-state index < -0.39 is 5.91 Å². The van der Waals surface area contributed by atoms with E-state index in [-0.39, 0.29) is 5.92 Å². The second-order valence-corrected chi connectivity index (χ2v) is 7.85. The summed E-state index contributed by atoms with van der Waals surface area (Å²) >= 11 is 0. The first-order valence-electron chi connectivity index (χ1n) is 10.6. The number of nitrogens with two attached hydrogens (primary N) is 1. The Morgan fingerprint density at radius 3 is 2.59 bits per heavy atom. The van der Waals surface area contributed by atoms with Gasteiger partial charge in [-0.15, -0.1) is 0 Å². The quantitative estimate of drug-likeness (QED) is 0.498. The topological polar surface area (TPSA) is 107 Å². The third kappa shape index (κ3) is 3.90. The summed E-state index contributed by atoms with van der Waals surface area (Å²) in [4.78, 5) is 21.1. The lowest BCUT2D eigenvalue weighted by Gasteiger charge is -2.24. The molecule has 1 fully saturated rings. The van der Waals surface area contributed by atoms with Gasteiger partial charge >= 0.3 is 0 Å². The van der Waals surface area contributed by atoms with Crippen LogP contribution in [0, 0.1) is 0 Å². The van der Waals surface area contributed by atoms with E-state index in [0.29, 0.717) is 18.8 Å². The summed E-state index contributed by atoms with van der Waals surface area (Å²) in [5, 5.41) is 7.35. The van der Waals surface area contributed by atoms with Crippen LogP contribution in [0.4, 0.5) is 0 Å². The van der Waals surface area contributed by atoms with E-state index in [1.165, 1.54) is 0 Å². The van der Waals surface area contributed by atoms with Crippen LogP contribution >= 0.6 is 0 Å². The molecule has 0 unspecified atom stereocenters. The number of hydrogen-bond donors (Lipinski definition) is 2. The highest BCUT2D eigenvalue weighted by atomic mass is 16.5. The van der Waals surface area contributed by atoms with E-state index in [1.807, 2.05) is 48.7 Å². The fourth-order valence-corrected chi connectivity index (χ4v) is 4.26. The standard InChI is InChI=1S/C25H23N5O2/c26-25(31)19-5-4-18(13-20(19)16-7-11-32-12-8-16)23-14-17(6-10-28-23)21-15-29-30-24(21)22-3-1-2-9-27-22/h1-6,9-10,13-16H,7-8,11-12H2,(H2,26,31)(H,29,30). The third-order valence-electron chi connectivity index (χ3n) is 5.89. The van der Waals surface area contributed by atoms with E-state index in [9.17, 15) is 4.79 Å². The lowest BCUT2D eigenvalue weighted by molar-refractivity contribution is 0.0845. The number of carbonyl (C=O) groups is 1. The Morgan fingerprint density at radius 1 is 0.969 bits per heavy atom. The molecular weight excluding hydrogens is 402 g/mol. The maximum atomic E-state index is 12.1. The normalized spacial score (nSPS) is 14.4. The van der Waals surface area contributed by atoms with Gasteiger partial charge in [-0.3, -0.25) is 19.9 Å². The molecule has 1 aliphatic rings. The summed E-state index contributed by atoms with van der Waals surface area (Å²) in [6.07, 6.45) is 7.16. The minimum absolute atomic E-state index is 0.249. The Hall–Kier alpha value is -3.84. The molecule has 0 saturated carbocycles. The average molecular weight is 425 g/mol. The molecule has 0 aliphatic carbocycles. The SMILES string of the molecule is NC(=O)c1ccc(-c2cc(-c3c[nH]nc3-c3ccccn3)ccn2)cc1C1CCOCC1. The highest BCUT2D eigenvalue weighted by Crippen LogP contribution is 2.34. The minimum atomic E-state index is -0.404. The van der Waals surface area contributed by atoms with E-state index >= 15 is 0 Å². The molecular formula is C25H23N5O2. The molecule has 5 rings (SSSR count). The molecule has 1 aromatic carbocycles. The number of amides is 1. The Bertz CT molecular complexity index is 1250. The number of nitrogens with zero attached hydrogens (tertiary/aromatic N) is 3. The van der Waals surface area contributed by atoms with Crippen molar-refractivity contribution in [3.05, 3.63) is 78.2 Å². The summed E-state index contributed by atoms with van der Waals surface area (Å²) < 4.78 is 5.50. The molecule has 32 heavy (non-hydrogen) atoms. The van der Waals surface area contributed by atoms with Crippen LogP contribution in [0.5, 0.6) is 0 Å². The second kappa shape index (κ2) is 8.72. The van der Waals surface area contributed by atoms with E-state index in [1.54, 1.807) is 12.4 Å². The molecule has 1 aliphatic heterocycles. The highest BCUT2D eigenvalue weighted by Gasteiger charge is 2.22. The molecule has 0 atom stereocenters. The van der Waals surface area contributed by atoms with Gasteiger partial charge in [-0.1, -0.05) is 12.1 Å². The number of benzene rings is 1. The van der Waals surface area contributed by atoms with Gasteiger partial charge in [0, 0.05) is 48.5 Å². The van der Waals surface area contributed by atoms with Crippen molar-refractivity contribution >= 4 is 5.91 Å². The first-order valence-corrected chi connectivity index (χ1v) is 10.6. The molecule has 1 amide bonds. The fraction of sp³-hybridized carbons (Fsp3) is 0.200. The van der Waals surface area contributed by atoms with E-state index in [0.717, 1.165) is 52.2 Å². The van der Waals surface area contributed by atoms with Crippen LogP contribution in [0.2, 0.25) is 0 Å². The van der Waals surface area contributed by atoms with Crippen molar-refractivity contribution < 1.29 is 9.53 Å². The van der Waals surface area contributed by atoms with Crippen molar-refractivity contribution in [3.8, 4) is 33.8 Å². The van der Waals surface area contributed by atoms with Gasteiger partial charge in [0.25, 0.3) is 0 Å². The zero-order valence-electron chi connectivity index (χ0n) is 17.5. The second-order valence-electron chi connectivity index (χ2n) is 7.85. The summed E-state index contributed by atoms with van der Waals surface area (Å²) in [6, 6.07) is 15.5. The van der Waals surface area contributed by atoms with Gasteiger partial charge in [0.1, 0.15) is 5.69 Å². The molecule has 160 valence electrons. The highest BCUT2D eigenvalue weighted by molar-refractivity contribution is 5.95. The van der Waals surface area contributed by atoms with Gasteiger partial charge < -0.3 is 10.5 Å². The average Bonchev–Trinajstić information content (AvgIpc) is 3.35. The van der Waals surface area contributed by atoms with Crippen molar-refractivity contribution in [2.45, 2.75) is 18.8 Å². The summed E-state index contributed by atoms with van der Waals surface area (Å²) in [7, 11) is 0. The zero-order valence-corrected chi connectivity index (χ0v) is 17.5. The zero-order chi connectivity index (χ0) is 21.9. The lowest BCUT2D eigenvalue weighted by Crippen LogP contribution is -2.20. The molecule has 1 saturated heterocycles. The third-order valence-corrected chi connectivity index (χ3v) is 5.89. The van der Waals surface area contributed by atoms with Gasteiger partial charge in [0.2, 0.25) is 5.91 Å². The minimum Gasteiger partial charge on any atom is -0.381 e. The Morgan fingerprint density at radius 2 is 1.81 bits per heavy atom. The predicted molar refractivity (Wildman–Crippen MR) is 122 cm³/mol. The number of aromatic amines is 1. The van der Waals surface area contributed by atoms with Crippen LogP contribution < -0.4 is 5.73 Å². The van der Waals surface area contributed by atoms with Crippen molar-refractivity contribution in [1.82, 2.24) is 20.2 Å². The van der Waals surface area contributed by atoms with E-state index in [4.69, 9.17) is 10.5 Å². The van der Waals surface area contributed by atoms with Crippen LogP contribution in [0.15, 0.2) is 67.1 Å². The van der Waals surface area contributed by atoms with Crippen LogP contribution in [0.25, 0.3) is 33.8 Å². The molecule has 0 spiro atoms. The number of H-pyrrole nitrogens is 1. The van der Waals surface area contributed by atoms with Crippen LogP contribution in [-0.2, 0) is 4.74 Å². The first-order chi connectivity index (χ1) is 15.7. The molecule has 4 aromatic rings. The van der Waals surface area contributed by atoms with Gasteiger partial charge in [-0.25, -0.2) is 0 Å². The van der Waals surface area contributed by atoms with Crippen molar-refractivity contribution in [2.24, 2.45) is 5.73 Å². The Kier molecular flexibility index (Phi) is 5.47. The van der Waals surface area contributed by atoms with Crippen LogP contribution in [-0.4, -0.2) is 39.3 Å². The molecule has 7 heteroatoms. The summed E-state index contributed by atoms with van der Waals surface area (Å²) in [5.74, 6) is -0.155. The van der Waals surface area contributed by atoms with Crippen molar-refractivity contribution in [2.75, 3.05) is 13.2 Å². The molecule has 4 heterocycles. The molecule has 0 radical (unpaired) electrons. The first kappa shape index (κ1) is 20.1. The number of hydrogen-bond acceptors (Lipinski definition) is 5. The monoisotopic (exact) mass is 425 g/mol. The molecule has 7 nitrogen and oxygen atoms in total. The number of aromatic nitrogens is 4. The number of ether oxygens (including phenoxy) is 1. The van der Waals surface area contributed by atoms with Crippen molar-refractivity contribution in [3.63, 3.8) is 0 Å². The number of primary amides is 1. The smallest absolute Gasteiger partial charge is 0.248 e. The van der Waals surface area contributed by atoms with Crippen LogP contribution in [0.3, 0.4) is 0 Å².